The SMILES string of the molecule is C/C(=C\C(=C/CCl)C(C)/C=C(\N=C(/N)c1ccccc1)c1ccccc1)c1ccc2c(c1)C(C)(C)c1cc(C)ccc1-2. The first kappa shape index (κ1) is 29.4. The molecule has 1 aliphatic rings. The van der Waals surface area contributed by atoms with Gasteiger partial charge in [-0.1, -0.05) is 136 Å². The highest BCUT2D eigenvalue weighted by molar-refractivity contribution is 6.19. The van der Waals surface area contributed by atoms with Gasteiger partial charge in [0.05, 0.1) is 5.70 Å². The summed E-state index contributed by atoms with van der Waals surface area (Å²) in [5.41, 5.74) is 19.5. The molecule has 1 unspecified atom stereocenters. The van der Waals surface area contributed by atoms with E-state index in [9.17, 15) is 0 Å². The maximum atomic E-state index is 6.47. The summed E-state index contributed by atoms with van der Waals surface area (Å²) in [7, 11) is 0. The Kier molecular flexibility index (Phi) is 8.66. The van der Waals surface area contributed by atoms with Crippen LogP contribution in [-0.2, 0) is 5.41 Å². The molecule has 0 fully saturated rings. The number of nitrogens with zero attached hydrogens (tertiary/aromatic N) is 1. The third-order valence-electron chi connectivity index (χ3n) is 8.30. The average molecular weight is 571 g/mol. The minimum Gasteiger partial charge on any atom is -0.383 e. The molecule has 5 rings (SSSR count). The first-order valence-electron chi connectivity index (χ1n) is 14.6. The highest BCUT2D eigenvalue weighted by Crippen LogP contribution is 2.49. The van der Waals surface area contributed by atoms with Gasteiger partial charge in [-0.2, -0.15) is 0 Å². The second kappa shape index (κ2) is 12.4. The molecule has 1 atom stereocenters. The van der Waals surface area contributed by atoms with Crippen molar-refractivity contribution in [3.63, 3.8) is 0 Å². The second-order valence-electron chi connectivity index (χ2n) is 11.7. The Balaban J connectivity index is 1.50. The molecule has 0 saturated heterocycles. The van der Waals surface area contributed by atoms with Crippen LogP contribution in [0.4, 0.5) is 0 Å². The first-order valence-corrected chi connectivity index (χ1v) is 15.1. The zero-order valence-electron chi connectivity index (χ0n) is 25.2. The van der Waals surface area contributed by atoms with Crippen LogP contribution in [0.5, 0.6) is 0 Å². The zero-order chi connectivity index (χ0) is 29.9. The molecule has 3 heteroatoms. The van der Waals surface area contributed by atoms with Crippen molar-refractivity contribution in [2.75, 3.05) is 5.88 Å². The van der Waals surface area contributed by atoms with Gasteiger partial charge in [-0.05, 0) is 64.4 Å². The molecule has 0 aliphatic heterocycles. The lowest BCUT2D eigenvalue weighted by Crippen LogP contribution is -2.15. The number of hydrogen-bond donors (Lipinski definition) is 1. The van der Waals surface area contributed by atoms with Crippen molar-refractivity contribution >= 4 is 28.7 Å². The lowest BCUT2D eigenvalue weighted by Gasteiger charge is -2.22. The van der Waals surface area contributed by atoms with Gasteiger partial charge < -0.3 is 5.73 Å². The van der Waals surface area contributed by atoms with Crippen LogP contribution in [0.3, 0.4) is 0 Å². The van der Waals surface area contributed by atoms with E-state index in [2.05, 4.69) is 101 Å². The average Bonchev–Trinajstić information content (AvgIpc) is 3.22. The summed E-state index contributed by atoms with van der Waals surface area (Å²) in [5.74, 6) is 0.975. The molecule has 2 N–H and O–H groups in total. The van der Waals surface area contributed by atoms with Crippen LogP contribution >= 0.6 is 11.6 Å². The Hall–Kier alpha value is -4.14. The molecule has 1 aliphatic carbocycles. The number of aryl methyl sites for hydroxylation is 1. The summed E-state index contributed by atoms with van der Waals surface area (Å²) < 4.78 is 0. The molecule has 0 spiro atoms. The second-order valence-corrected chi connectivity index (χ2v) is 12.0. The van der Waals surface area contributed by atoms with Crippen LogP contribution in [0, 0.1) is 12.8 Å². The van der Waals surface area contributed by atoms with E-state index in [1.165, 1.54) is 39.0 Å². The van der Waals surface area contributed by atoms with Crippen molar-refractivity contribution in [1.29, 1.82) is 0 Å². The molecule has 4 aromatic rings. The molecular formula is C39H39ClN2. The topological polar surface area (TPSA) is 38.4 Å². The molecule has 0 saturated carbocycles. The molecule has 42 heavy (non-hydrogen) atoms. The predicted octanol–water partition coefficient (Wildman–Crippen LogP) is 9.95. The number of nitrogens with two attached hydrogens (primary N) is 1. The standard InChI is InChI=1S/C39H39ClN2/c1-26-16-18-33-34-19-17-31(25-36(34)39(4,5)35(33)22-26)27(2)23-32(20-21-40)28(3)24-37(29-12-8-6-9-13-29)42-38(41)30-14-10-7-11-15-30/h6-20,22-25,28H,21H2,1-5H3,(H2,41,42)/b27-23+,32-20+,37-24-. The fourth-order valence-electron chi connectivity index (χ4n) is 5.84. The Morgan fingerprint density at radius 3 is 2.07 bits per heavy atom. The summed E-state index contributed by atoms with van der Waals surface area (Å²) in [6.07, 6.45) is 6.53. The molecule has 2 nitrogen and oxygen atoms in total. The summed E-state index contributed by atoms with van der Waals surface area (Å²) >= 11 is 6.29. The Labute approximate surface area is 256 Å². The fraction of sp³-hybridized carbons (Fsp3) is 0.205. The van der Waals surface area contributed by atoms with Gasteiger partial charge in [0.15, 0.2) is 0 Å². The van der Waals surface area contributed by atoms with Gasteiger partial charge >= 0.3 is 0 Å². The van der Waals surface area contributed by atoms with E-state index in [0.29, 0.717) is 11.7 Å². The molecule has 0 aromatic heterocycles. The lowest BCUT2D eigenvalue weighted by molar-refractivity contribution is 0.659. The minimum absolute atomic E-state index is 0.0426. The number of hydrogen-bond acceptors (Lipinski definition) is 1. The number of benzene rings is 4. The van der Waals surface area contributed by atoms with Crippen LogP contribution in [-0.4, -0.2) is 11.7 Å². The number of fused-ring (bicyclic) bond motifs is 3. The zero-order valence-corrected chi connectivity index (χ0v) is 25.9. The Morgan fingerprint density at radius 1 is 0.833 bits per heavy atom. The van der Waals surface area contributed by atoms with Gasteiger partial charge in [0, 0.05) is 22.8 Å². The summed E-state index contributed by atoms with van der Waals surface area (Å²) in [5, 5.41) is 0. The summed E-state index contributed by atoms with van der Waals surface area (Å²) in [6, 6.07) is 33.8. The molecule has 212 valence electrons. The van der Waals surface area contributed by atoms with E-state index < -0.39 is 0 Å². The summed E-state index contributed by atoms with van der Waals surface area (Å²) in [4.78, 5) is 4.89. The number of rotatable bonds is 8. The van der Waals surface area contributed by atoms with Crippen LogP contribution in [0.25, 0.3) is 22.4 Å². The Bertz CT molecular complexity index is 1710. The van der Waals surface area contributed by atoms with Gasteiger partial charge in [-0.15, -0.1) is 11.6 Å². The Morgan fingerprint density at radius 2 is 1.43 bits per heavy atom. The van der Waals surface area contributed by atoms with E-state index in [0.717, 1.165) is 22.4 Å². The maximum Gasteiger partial charge on any atom is 0.131 e. The smallest absolute Gasteiger partial charge is 0.131 e. The number of amidine groups is 1. The maximum absolute atomic E-state index is 6.47. The normalized spacial score (nSPS) is 15.8. The van der Waals surface area contributed by atoms with Gasteiger partial charge in [0.25, 0.3) is 0 Å². The molecular weight excluding hydrogens is 532 g/mol. The van der Waals surface area contributed by atoms with E-state index in [4.69, 9.17) is 22.3 Å². The largest absolute Gasteiger partial charge is 0.383 e. The first-order chi connectivity index (χ1) is 20.2. The van der Waals surface area contributed by atoms with E-state index in [1.807, 2.05) is 48.5 Å². The van der Waals surface area contributed by atoms with Crippen molar-refractivity contribution in [2.45, 2.75) is 40.0 Å². The molecule has 4 aromatic carbocycles. The van der Waals surface area contributed by atoms with Crippen molar-refractivity contribution in [3.05, 3.63) is 154 Å². The third-order valence-corrected chi connectivity index (χ3v) is 8.45. The highest BCUT2D eigenvalue weighted by atomic mass is 35.5. The number of aliphatic imine (C=N–C) groups is 1. The highest BCUT2D eigenvalue weighted by Gasteiger charge is 2.35. The van der Waals surface area contributed by atoms with Crippen molar-refractivity contribution < 1.29 is 0 Å². The molecule has 0 radical (unpaired) electrons. The summed E-state index contributed by atoms with van der Waals surface area (Å²) in [6.45, 7) is 11.2. The van der Waals surface area contributed by atoms with E-state index in [-0.39, 0.29) is 11.3 Å². The fourth-order valence-corrected chi connectivity index (χ4v) is 6.02. The number of alkyl halides is 1. The molecule has 0 bridgehead atoms. The van der Waals surface area contributed by atoms with Gasteiger partial charge in [0.2, 0.25) is 0 Å². The van der Waals surface area contributed by atoms with Crippen LogP contribution in [0.1, 0.15) is 61.1 Å². The number of allylic oxidation sites excluding steroid dienone is 5. The van der Waals surface area contributed by atoms with Gasteiger partial charge in [0.1, 0.15) is 5.84 Å². The minimum atomic E-state index is -0.0426. The monoisotopic (exact) mass is 570 g/mol. The van der Waals surface area contributed by atoms with Crippen LogP contribution in [0.15, 0.2) is 126 Å². The number of halogens is 1. The molecule has 0 heterocycles. The quantitative estimate of drug-likeness (QED) is 0.0973. The van der Waals surface area contributed by atoms with Gasteiger partial charge in [-0.25, -0.2) is 4.99 Å². The van der Waals surface area contributed by atoms with Gasteiger partial charge in [-0.3, -0.25) is 0 Å². The van der Waals surface area contributed by atoms with Crippen LogP contribution in [0.2, 0.25) is 0 Å². The lowest BCUT2D eigenvalue weighted by atomic mass is 9.81. The van der Waals surface area contributed by atoms with Crippen molar-refractivity contribution in [1.82, 2.24) is 0 Å². The molecule has 0 amide bonds. The van der Waals surface area contributed by atoms with Crippen LogP contribution < -0.4 is 5.73 Å². The van der Waals surface area contributed by atoms with E-state index >= 15 is 0 Å². The predicted molar refractivity (Wildman–Crippen MR) is 182 cm³/mol. The third kappa shape index (κ3) is 6.05. The van der Waals surface area contributed by atoms with Crippen molar-refractivity contribution in [2.24, 2.45) is 16.6 Å². The van der Waals surface area contributed by atoms with E-state index in [1.54, 1.807) is 0 Å². The van der Waals surface area contributed by atoms with Crippen molar-refractivity contribution in [3.8, 4) is 11.1 Å².